The van der Waals surface area contributed by atoms with Gasteiger partial charge in [0.05, 0.1) is 17.9 Å². The Morgan fingerprint density at radius 2 is 2.03 bits per heavy atom. The second-order valence-electron chi connectivity index (χ2n) is 6.79. The van der Waals surface area contributed by atoms with Crippen LogP contribution in [0.1, 0.15) is 40.4 Å². The van der Waals surface area contributed by atoms with Crippen molar-refractivity contribution in [2.24, 2.45) is 0 Å². The van der Waals surface area contributed by atoms with Gasteiger partial charge in [0.2, 0.25) is 5.88 Å². The van der Waals surface area contributed by atoms with Gasteiger partial charge in [0.15, 0.2) is 0 Å². The van der Waals surface area contributed by atoms with E-state index < -0.39 is 23.5 Å². The van der Waals surface area contributed by atoms with Crippen LogP contribution in [0.2, 0.25) is 0 Å². The minimum Gasteiger partial charge on any atom is -0.383 e. The molecular formula is C19H21F4N3O3. The predicted octanol–water partition coefficient (Wildman–Crippen LogP) is 3.91. The third kappa shape index (κ3) is 5.06. The highest BCUT2D eigenvalue weighted by Crippen LogP contribution is 2.33. The highest BCUT2D eigenvalue weighted by Gasteiger charge is 2.35. The highest BCUT2D eigenvalue weighted by molar-refractivity contribution is 5.94. The van der Waals surface area contributed by atoms with Crippen LogP contribution in [-0.4, -0.2) is 49.3 Å². The molecular weight excluding hydrogens is 394 g/mol. The van der Waals surface area contributed by atoms with E-state index in [0.29, 0.717) is 57.1 Å². The van der Waals surface area contributed by atoms with Crippen molar-refractivity contribution in [1.29, 1.82) is 0 Å². The van der Waals surface area contributed by atoms with E-state index in [-0.39, 0.29) is 11.5 Å². The summed E-state index contributed by atoms with van der Waals surface area (Å²) in [7, 11) is 1.60. The number of hydrogen-bond donors (Lipinski definition) is 1. The van der Waals surface area contributed by atoms with Crippen molar-refractivity contribution in [3.8, 4) is 0 Å². The number of rotatable bonds is 6. The summed E-state index contributed by atoms with van der Waals surface area (Å²) >= 11 is 0. The number of piperidine rings is 1. The van der Waals surface area contributed by atoms with E-state index >= 15 is 0 Å². The molecule has 1 saturated heterocycles. The number of amides is 1. The van der Waals surface area contributed by atoms with Gasteiger partial charge in [-0.1, -0.05) is 5.16 Å². The second kappa shape index (κ2) is 8.81. The number of likely N-dealkylation sites (tertiary alicyclic amines) is 1. The first-order chi connectivity index (χ1) is 13.8. The Morgan fingerprint density at radius 3 is 2.66 bits per heavy atom. The van der Waals surface area contributed by atoms with E-state index in [1.165, 1.54) is 4.90 Å². The molecule has 0 aliphatic carbocycles. The molecule has 2 aromatic rings. The number of nitrogens with zero attached hydrogens (tertiary/aromatic N) is 2. The Labute approximate surface area is 164 Å². The lowest BCUT2D eigenvalue weighted by atomic mass is 9.93. The van der Waals surface area contributed by atoms with Crippen LogP contribution in [0.25, 0.3) is 0 Å². The number of halogens is 4. The summed E-state index contributed by atoms with van der Waals surface area (Å²) in [4.78, 5) is 14.0. The summed E-state index contributed by atoms with van der Waals surface area (Å²) in [6, 6.07) is 4.06. The standard InChI is InChI=1S/C19H21F4N3O3/c1-28-9-6-24-17-11-16(25-29-17)12-4-7-26(8-5-12)18(27)13-2-3-14(15(20)10-13)19(21,22)23/h2-3,10-12,24H,4-9H2,1H3. The third-order valence-corrected chi connectivity index (χ3v) is 4.86. The molecule has 1 fully saturated rings. The average Bonchev–Trinajstić information content (AvgIpc) is 3.15. The van der Waals surface area contributed by atoms with Crippen molar-refractivity contribution >= 4 is 11.8 Å². The fourth-order valence-corrected chi connectivity index (χ4v) is 3.28. The van der Waals surface area contributed by atoms with Crippen LogP contribution in [0.3, 0.4) is 0 Å². The molecule has 1 aromatic heterocycles. The third-order valence-electron chi connectivity index (χ3n) is 4.86. The number of carbonyl (C=O) groups excluding carboxylic acids is 1. The van der Waals surface area contributed by atoms with Crippen LogP contribution >= 0.6 is 0 Å². The molecule has 0 atom stereocenters. The van der Waals surface area contributed by atoms with Gasteiger partial charge in [0, 0.05) is 44.3 Å². The highest BCUT2D eigenvalue weighted by atomic mass is 19.4. The van der Waals surface area contributed by atoms with Gasteiger partial charge in [0.1, 0.15) is 5.82 Å². The zero-order chi connectivity index (χ0) is 21.0. The molecule has 1 aromatic carbocycles. The number of nitrogens with one attached hydrogen (secondary N) is 1. The van der Waals surface area contributed by atoms with E-state index in [1.807, 2.05) is 6.07 Å². The maximum absolute atomic E-state index is 13.7. The van der Waals surface area contributed by atoms with E-state index in [9.17, 15) is 22.4 Å². The molecule has 10 heteroatoms. The quantitative estimate of drug-likeness (QED) is 0.572. The topological polar surface area (TPSA) is 67.6 Å². The van der Waals surface area contributed by atoms with E-state index in [2.05, 4.69) is 10.5 Å². The van der Waals surface area contributed by atoms with E-state index in [0.717, 1.165) is 11.8 Å². The lowest BCUT2D eigenvalue weighted by molar-refractivity contribution is -0.140. The molecule has 3 rings (SSSR count). The van der Waals surface area contributed by atoms with Crippen molar-refractivity contribution in [1.82, 2.24) is 10.1 Å². The van der Waals surface area contributed by atoms with Crippen LogP contribution in [-0.2, 0) is 10.9 Å². The van der Waals surface area contributed by atoms with Crippen molar-refractivity contribution in [3.63, 3.8) is 0 Å². The Morgan fingerprint density at radius 1 is 1.31 bits per heavy atom. The first kappa shape index (κ1) is 21.1. The van der Waals surface area contributed by atoms with Crippen LogP contribution in [0, 0.1) is 5.82 Å². The maximum Gasteiger partial charge on any atom is 0.419 e. The molecule has 0 unspecified atom stereocenters. The van der Waals surface area contributed by atoms with Crippen LogP contribution < -0.4 is 5.32 Å². The fraction of sp³-hybridized carbons (Fsp3) is 0.474. The summed E-state index contributed by atoms with van der Waals surface area (Å²) in [5.41, 5.74) is -0.702. The van der Waals surface area contributed by atoms with Crippen LogP contribution in [0.5, 0.6) is 0 Å². The number of aromatic nitrogens is 1. The van der Waals surface area contributed by atoms with Crippen molar-refractivity contribution in [3.05, 3.63) is 46.9 Å². The first-order valence-electron chi connectivity index (χ1n) is 9.15. The Kier molecular flexibility index (Phi) is 6.41. The molecule has 2 heterocycles. The number of hydrogen-bond acceptors (Lipinski definition) is 5. The summed E-state index contributed by atoms with van der Waals surface area (Å²) in [6.45, 7) is 1.90. The number of benzene rings is 1. The molecule has 1 aliphatic heterocycles. The molecule has 0 saturated carbocycles. The molecule has 0 spiro atoms. The summed E-state index contributed by atoms with van der Waals surface area (Å²) < 4.78 is 61.9. The molecule has 1 N–H and O–H groups in total. The van der Waals surface area contributed by atoms with Gasteiger partial charge < -0.3 is 19.5 Å². The Balaban J connectivity index is 1.58. The SMILES string of the molecule is COCCNc1cc(C2CCN(C(=O)c3ccc(C(F)(F)F)c(F)c3)CC2)no1. The van der Waals surface area contributed by atoms with Crippen LogP contribution in [0.4, 0.5) is 23.4 Å². The first-order valence-corrected chi connectivity index (χ1v) is 9.15. The van der Waals surface area contributed by atoms with Crippen molar-refractivity contribution in [2.75, 3.05) is 38.7 Å². The monoisotopic (exact) mass is 415 g/mol. The average molecular weight is 415 g/mol. The molecule has 0 radical (unpaired) electrons. The largest absolute Gasteiger partial charge is 0.419 e. The van der Waals surface area contributed by atoms with Crippen LogP contribution in [0.15, 0.2) is 28.8 Å². The maximum atomic E-state index is 13.7. The molecule has 1 aliphatic rings. The molecule has 0 bridgehead atoms. The predicted molar refractivity (Wildman–Crippen MR) is 96.1 cm³/mol. The smallest absolute Gasteiger partial charge is 0.383 e. The lowest BCUT2D eigenvalue weighted by Gasteiger charge is -2.31. The number of methoxy groups -OCH3 is 1. The number of carbonyl (C=O) groups is 1. The van der Waals surface area contributed by atoms with Gasteiger partial charge in [-0.2, -0.15) is 13.2 Å². The zero-order valence-corrected chi connectivity index (χ0v) is 15.8. The Bertz CT molecular complexity index is 845. The summed E-state index contributed by atoms with van der Waals surface area (Å²) in [6.07, 6.45) is -3.54. The van der Waals surface area contributed by atoms with Gasteiger partial charge >= 0.3 is 6.18 Å². The normalized spacial score (nSPS) is 15.6. The molecule has 6 nitrogen and oxygen atoms in total. The van der Waals surface area contributed by atoms with Crippen molar-refractivity contribution < 1.29 is 31.6 Å². The minimum absolute atomic E-state index is 0.0972. The fourth-order valence-electron chi connectivity index (χ4n) is 3.28. The zero-order valence-electron chi connectivity index (χ0n) is 15.8. The van der Waals surface area contributed by atoms with Gasteiger partial charge in [-0.05, 0) is 31.0 Å². The minimum atomic E-state index is -4.79. The summed E-state index contributed by atoms with van der Waals surface area (Å²) in [5, 5.41) is 7.09. The van der Waals surface area contributed by atoms with Gasteiger partial charge in [-0.25, -0.2) is 4.39 Å². The Hall–Kier alpha value is -2.62. The molecule has 158 valence electrons. The molecule has 29 heavy (non-hydrogen) atoms. The van der Waals surface area contributed by atoms with Crippen molar-refractivity contribution in [2.45, 2.75) is 24.9 Å². The van der Waals surface area contributed by atoms with E-state index in [4.69, 9.17) is 9.26 Å². The number of alkyl halides is 3. The molecule has 1 amide bonds. The van der Waals surface area contributed by atoms with Gasteiger partial charge in [-0.3, -0.25) is 4.79 Å². The number of ether oxygens (including phenoxy) is 1. The second-order valence-corrected chi connectivity index (χ2v) is 6.79. The van der Waals surface area contributed by atoms with E-state index in [1.54, 1.807) is 7.11 Å². The van der Waals surface area contributed by atoms with Gasteiger partial charge in [-0.15, -0.1) is 0 Å². The lowest BCUT2D eigenvalue weighted by Crippen LogP contribution is -2.38. The summed E-state index contributed by atoms with van der Waals surface area (Å²) in [5.74, 6) is -1.30. The number of anilines is 1. The van der Waals surface area contributed by atoms with Gasteiger partial charge in [0.25, 0.3) is 5.91 Å².